The number of rotatable bonds is 5. The Morgan fingerprint density at radius 1 is 1.21 bits per heavy atom. The van der Waals surface area contributed by atoms with E-state index in [4.69, 9.17) is 13.3 Å². The molecule has 0 rings (SSSR count). The second-order valence-corrected chi connectivity index (χ2v) is 4.91. The molecule has 0 spiro atoms. The maximum atomic E-state index is 9.11. The Hall–Kier alpha value is 1.29. The monoisotopic (exact) mass is 250 g/mol. The van der Waals surface area contributed by atoms with Gasteiger partial charge in [0.1, 0.15) is 0 Å². The van der Waals surface area contributed by atoms with E-state index in [1.165, 1.54) is 32.1 Å². The van der Waals surface area contributed by atoms with Crippen molar-refractivity contribution in [1.82, 2.24) is 0 Å². The molecular weight excluding hydrogens is 231 g/mol. The first-order chi connectivity index (χ1) is 5.91. The van der Waals surface area contributed by atoms with Gasteiger partial charge in [-0.15, -0.1) is 0 Å². The van der Waals surface area contributed by atoms with Gasteiger partial charge in [0.25, 0.3) is 9.05 Å². The van der Waals surface area contributed by atoms with Gasteiger partial charge in [0, 0.05) is 11.2 Å². The van der Waals surface area contributed by atoms with Gasteiger partial charge in [-0.05, 0) is 0 Å². The summed E-state index contributed by atoms with van der Waals surface area (Å²) in [7, 11) is -3.83. The molecule has 14 heavy (non-hydrogen) atoms. The van der Waals surface area contributed by atoms with E-state index in [0.29, 0.717) is 0 Å². The molecule has 0 aliphatic heterocycles. The average Bonchev–Trinajstić information content (AvgIpc) is 1.95. The minimum atomic E-state index is -3.83. The van der Waals surface area contributed by atoms with Crippen molar-refractivity contribution in [3.8, 4) is 0 Å². The van der Waals surface area contributed by atoms with E-state index >= 15 is 0 Å². The van der Waals surface area contributed by atoms with Crippen molar-refractivity contribution in [1.29, 1.82) is 0 Å². The summed E-state index contributed by atoms with van der Waals surface area (Å²) in [6.07, 6.45) is 7.98. The van der Waals surface area contributed by atoms with Crippen LogP contribution in [0.25, 0.3) is 0 Å². The first-order valence-electron chi connectivity index (χ1n) is 4.41. The third-order valence-corrected chi connectivity index (χ3v) is 1.35. The molecule has 0 atom stereocenters. The van der Waals surface area contributed by atoms with Gasteiger partial charge in [0.2, 0.25) is 0 Å². The Balaban J connectivity index is -0.000000177. The number of unbranched alkanes of at least 4 members (excludes halogenated alkanes) is 5. The topological polar surface area (TPSA) is 57.5 Å². The van der Waals surface area contributed by atoms with Crippen molar-refractivity contribution in [3.63, 3.8) is 0 Å². The zero-order chi connectivity index (χ0) is 10.7. The fourth-order valence-electron chi connectivity index (χ4n) is 0.780. The third-order valence-electron chi connectivity index (χ3n) is 1.35. The quantitative estimate of drug-likeness (QED) is 0.405. The van der Waals surface area contributed by atoms with E-state index in [9.17, 15) is 0 Å². The van der Waals surface area contributed by atoms with Gasteiger partial charge in [0.05, 0.1) is 0 Å². The van der Waals surface area contributed by atoms with Crippen LogP contribution in [0, 0.1) is 6.92 Å². The summed E-state index contributed by atoms with van der Waals surface area (Å²) in [5.74, 6) is 0. The summed E-state index contributed by atoms with van der Waals surface area (Å²) in [6.45, 7) is 6.02. The van der Waals surface area contributed by atoms with Crippen molar-refractivity contribution in [3.05, 3.63) is 6.92 Å². The molecule has 0 bridgehead atoms. The molecule has 0 fully saturated rings. The normalized spacial score (nSPS) is 9.71. The standard InChI is InChI=1S/C8H17.Na.H2O3S2/c1-3-5-7-8-6-4-2;;1-5(2,3)4/h1,3-8H2,2H3;;(H2,1,2,3,4)/q-1;+1;. The van der Waals surface area contributed by atoms with Crippen LogP contribution in [0.4, 0.5) is 0 Å². The van der Waals surface area contributed by atoms with Gasteiger partial charge in [-0.25, -0.2) is 0 Å². The molecule has 2 N–H and O–H groups in total. The van der Waals surface area contributed by atoms with E-state index < -0.39 is 9.05 Å². The molecule has 0 aliphatic carbocycles. The van der Waals surface area contributed by atoms with Crippen molar-refractivity contribution in [2.45, 2.75) is 45.4 Å². The molecule has 6 heteroatoms. The summed E-state index contributed by atoms with van der Waals surface area (Å²) in [4.78, 5) is 0. The molecular formula is C8H19NaO3S2. The zero-order valence-corrected chi connectivity index (χ0v) is 12.7. The SMILES string of the molecule is O=S(O)(O)=S.[CH2-]CCCCCCC.[Na+]. The maximum Gasteiger partial charge on any atom is 1.00 e. The van der Waals surface area contributed by atoms with Gasteiger partial charge in [-0.2, -0.15) is 10.6 Å². The molecule has 3 nitrogen and oxygen atoms in total. The maximum absolute atomic E-state index is 9.11. The Morgan fingerprint density at radius 3 is 1.86 bits per heavy atom. The Kier molecular flexibility index (Phi) is 21.1. The summed E-state index contributed by atoms with van der Waals surface area (Å²) >= 11 is 3.47. The average molecular weight is 250 g/mol. The largest absolute Gasteiger partial charge is 1.00 e. The first-order valence-corrected chi connectivity index (χ1v) is 6.80. The second-order valence-electron chi connectivity index (χ2n) is 2.72. The van der Waals surface area contributed by atoms with Crippen molar-refractivity contribution < 1.29 is 42.9 Å². The van der Waals surface area contributed by atoms with Crippen LogP contribution in [0.5, 0.6) is 0 Å². The van der Waals surface area contributed by atoms with Crippen molar-refractivity contribution in [2.75, 3.05) is 0 Å². The van der Waals surface area contributed by atoms with Crippen LogP contribution in [0.2, 0.25) is 0 Å². The molecule has 0 amide bonds. The molecule has 0 aromatic rings. The molecule has 0 aromatic carbocycles. The minimum absolute atomic E-state index is 0. The van der Waals surface area contributed by atoms with E-state index in [1.807, 2.05) is 0 Å². The first kappa shape index (κ1) is 20.7. The molecule has 0 aliphatic rings. The van der Waals surface area contributed by atoms with E-state index in [1.54, 1.807) is 0 Å². The molecule has 0 unspecified atom stereocenters. The van der Waals surface area contributed by atoms with E-state index in [2.05, 4.69) is 25.0 Å². The molecule has 0 aromatic heterocycles. The molecule has 0 saturated heterocycles. The smallest absolute Gasteiger partial charge is 0.343 e. The Morgan fingerprint density at radius 2 is 1.57 bits per heavy atom. The van der Waals surface area contributed by atoms with E-state index in [0.717, 1.165) is 6.42 Å². The van der Waals surface area contributed by atoms with Crippen LogP contribution in [-0.4, -0.2) is 13.3 Å². The van der Waals surface area contributed by atoms with Crippen LogP contribution in [0.1, 0.15) is 45.4 Å². The minimum Gasteiger partial charge on any atom is -0.343 e. The Labute approximate surface area is 115 Å². The van der Waals surface area contributed by atoms with Crippen molar-refractivity contribution >= 4 is 20.2 Å². The van der Waals surface area contributed by atoms with Gasteiger partial charge in [-0.3, -0.25) is 9.11 Å². The van der Waals surface area contributed by atoms with Crippen LogP contribution in [-0.2, 0) is 20.2 Å². The van der Waals surface area contributed by atoms with Gasteiger partial charge in [-0.1, -0.05) is 39.0 Å². The van der Waals surface area contributed by atoms with Gasteiger partial charge < -0.3 is 6.92 Å². The fraction of sp³-hybridized carbons (Fsp3) is 0.875. The summed E-state index contributed by atoms with van der Waals surface area (Å²) in [5, 5.41) is 0. The zero-order valence-electron chi connectivity index (χ0n) is 9.07. The number of hydrogen-bond acceptors (Lipinski definition) is 2. The Bertz CT molecular complexity index is 167. The second kappa shape index (κ2) is 14.3. The van der Waals surface area contributed by atoms with Gasteiger partial charge >= 0.3 is 29.6 Å². The molecule has 0 saturated carbocycles. The predicted molar refractivity (Wildman–Crippen MR) is 59.5 cm³/mol. The van der Waals surface area contributed by atoms with Gasteiger partial charge in [0.15, 0.2) is 0 Å². The van der Waals surface area contributed by atoms with Crippen LogP contribution in [0.15, 0.2) is 0 Å². The van der Waals surface area contributed by atoms with E-state index in [-0.39, 0.29) is 29.6 Å². The fourth-order valence-corrected chi connectivity index (χ4v) is 0.780. The van der Waals surface area contributed by atoms with Crippen LogP contribution < -0.4 is 29.6 Å². The molecule has 82 valence electrons. The molecule has 0 radical (unpaired) electrons. The van der Waals surface area contributed by atoms with Crippen LogP contribution >= 0.6 is 0 Å². The predicted octanol–water partition coefficient (Wildman–Crippen LogP) is -0.136. The third kappa shape index (κ3) is 50.7. The summed E-state index contributed by atoms with van der Waals surface area (Å²) < 4.78 is 24.0. The summed E-state index contributed by atoms with van der Waals surface area (Å²) in [5.41, 5.74) is 0. The van der Waals surface area contributed by atoms with Crippen LogP contribution in [0.3, 0.4) is 0 Å². The summed E-state index contributed by atoms with van der Waals surface area (Å²) in [6, 6.07) is 0. The van der Waals surface area contributed by atoms with Crippen molar-refractivity contribution in [2.24, 2.45) is 0 Å². The molecule has 0 heterocycles. The number of hydrogen-bond donors (Lipinski definition) is 2.